The molecule has 0 saturated carbocycles. The molecule has 0 unspecified atom stereocenters. The van der Waals surface area contributed by atoms with Gasteiger partial charge in [0.1, 0.15) is 11.5 Å². The van der Waals surface area contributed by atoms with Crippen LogP contribution in [0.25, 0.3) is 0 Å². The minimum Gasteiger partial charge on any atom is -0.452 e. The van der Waals surface area contributed by atoms with Gasteiger partial charge in [0, 0.05) is 26.8 Å². The largest absolute Gasteiger partial charge is 0.452 e. The lowest BCUT2D eigenvalue weighted by atomic mass is 10.3. The predicted octanol–water partition coefficient (Wildman–Crippen LogP) is 1.18. The van der Waals surface area contributed by atoms with Crippen molar-refractivity contribution in [3.05, 3.63) is 42.2 Å². The highest BCUT2D eigenvalue weighted by molar-refractivity contribution is 6.04. The fourth-order valence-electron chi connectivity index (χ4n) is 2.30. The van der Waals surface area contributed by atoms with E-state index in [2.05, 4.69) is 20.1 Å². The Labute approximate surface area is 146 Å². The van der Waals surface area contributed by atoms with E-state index >= 15 is 0 Å². The number of pyridine rings is 1. The molecule has 0 aliphatic carbocycles. The SMILES string of the molecule is CCN(C(=O)c1cnc(CNN(C)C(=O)OC)n1C)c1cccnc1. The molecule has 0 saturated heterocycles. The molecule has 2 rings (SSSR count). The van der Waals surface area contributed by atoms with Crippen molar-refractivity contribution in [2.24, 2.45) is 7.05 Å². The lowest BCUT2D eigenvalue weighted by Gasteiger charge is -2.21. The minimum absolute atomic E-state index is 0.168. The molecule has 2 heterocycles. The maximum absolute atomic E-state index is 12.8. The van der Waals surface area contributed by atoms with Crippen LogP contribution in [0.1, 0.15) is 23.2 Å². The topological polar surface area (TPSA) is 92.6 Å². The van der Waals surface area contributed by atoms with Crippen LogP contribution in [-0.4, -0.2) is 52.2 Å². The van der Waals surface area contributed by atoms with Crippen LogP contribution in [0.5, 0.6) is 0 Å². The summed E-state index contributed by atoms with van der Waals surface area (Å²) in [6.07, 6.45) is 4.31. The first-order valence-corrected chi connectivity index (χ1v) is 7.77. The van der Waals surface area contributed by atoms with Crippen molar-refractivity contribution >= 4 is 17.7 Å². The Morgan fingerprint density at radius 1 is 1.36 bits per heavy atom. The molecule has 0 atom stereocenters. The van der Waals surface area contributed by atoms with E-state index in [0.717, 1.165) is 5.69 Å². The zero-order valence-electron chi connectivity index (χ0n) is 14.8. The second-order valence-corrected chi connectivity index (χ2v) is 5.24. The van der Waals surface area contributed by atoms with E-state index < -0.39 is 6.09 Å². The fourth-order valence-corrected chi connectivity index (χ4v) is 2.30. The van der Waals surface area contributed by atoms with Crippen molar-refractivity contribution in [3.8, 4) is 0 Å². The van der Waals surface area contributed by atoms with Crippen molar-refractivity contribution in [1.29, 1.82) is 0 Å². The highest BCUT2D eigenvalue weighted by Gasteiger charge is 2.21. The predicted molar refractivity (Wildman–Crippen MR) is 91.8 cm³/mol. The molecule has 0 aliphatic rings. The van der Waals surface area contributed by atoms with E-state index in [0.29, 0.717) is 18.1 Å². The lowest BCUT2D eigenvalue weighted by Crippen LogP contribution is -2.39. The Kier molecular flexibility index (Phi) is 6.07. The molecule has 0 radical (unpaired) electrons. The second kappa shape index (κ2) is 8.25. The second-order valence-electron chi connectivity index (χ2n) is 5.24. The Bertz CT molecular complexity index is 731. The Balaban J connectivity index is 2.14. The van der Waals surface area contributed by atoms with Gasteiger partial charge in [0.05, 0.1) is 31.7 Å². The molecule has 134 valence electrons. The molecule has 2 aromatic rings. The van der Waals surface area contributed by atoms with Crippen LogP contribution < -0.4 is 10.3 Å². The van der Waals surface area contributed by atoms with Crippen LogP contribution in [0.2, 0.25) is 0 Å². The van der Waals surface area contributed by atoms with Gasteiger partial charge in [0.15, 0.2) is 0 Å². The maximum atomic E-state index is 12.8. The zero-order valence-corrected chi connectivity index (χ0v) is 14.8. The van der Waals surface area contributed by atoms with Gasteiger partial charge in [-0.15, -0.1) is 0 Å². The van der Waals surface area contributed by atoms with Crippen molar-refractivity contribution in [3.63, 3.8) is 0 Å². The number of imidazole rings is 1. The third-order valence-corrected chi connectivity index (χ3v) is 3.75. The number of nitrogens with zero attached hydrogens (tertiary/aromatic N) is 5. The molecule has 25 heavy (non-hydrogen) atoms. The van der Waals surface area contributed by atoms with Gasteiger partial charge in [-0.2, -0.15) is 0 Å². The van der Waals surface area contributed by atoms with Gasteiger partial charge in [-0.3, -0.25) is 9.78 Å². The van der Waals surface area contributed by atoms with Gasteiger partial charge in [-0.25, -0.2) is 20.2 Å². The molecule has 9 heteroatoms. The summed E-state index contributed by atoms with van der Waals surface area (Å²) in [5.74, 6) is 0.444. The molecule has 0 spiro atoms. The van der Waals surface area contributed by atoms with Crippen molar-refractivity contribution in [1.82, 2.24) is 25.0 Å². The molecule has 0 aromatic carbocycles. The third-order valence-electron chi connectivity index (χ3n) is 3.75. The van der Waals surface area contributed by atoms with E-state index in [1.165, 1.54) is 18.3 Å². The number of anilines is 1. The van der Waals surface area contributed by atoms with E-state index in [-0.39, 0.29) is 12.5 Å². The normalized spacial score (nSPS) is 10.4. The van der Waals surface area contributed by atoms with Crippen molar-refractivity contribution in [2.45, 2.75) is 13.5 Å². The number of nitrogens with one attached hydrogen (secondary N) is 1. The third kappa shape index (κ3) is 4.13. The number of hydrogen-bond acceptors (Lipinski definition) is 6. The van der Waals surface area contributed by atoms with E-state index in [9.17, 15) is 9.59 Å². The van der Waals surface area contributed by atoms with Crippen molar-refractivity contribution < 1.29 is 14.3 Å². The van der Waals surface area contributed by atoms with E-state index in [4.69, 9.17) is 0 Å². The first-order valence-electron chi connectivity index (χ1n) is 7.77. The standard InChI is InChI=1S/C16H22N6O3/c1-5-22(12-7-6-8-17-9-12)15(23)13-10-18-14(20(13)2)11-19-21(3)16(24)25-4/h6-10,19H,5,11H2,1-4H3. The summed E-state index contributed by atoms with van der Waals surface area (Å²) in [5.41, 5.74) is 4.03. The zero-order chi connectivity index (χ0) is 18.4. The Morgan fingerprint density at radius 2 is 2.12 bits per heavy atom. The van der Waals surface area contributed by atoms with Crippen LogP contribution in [0.4, 0.5) is 10.5 Å². The molecule has 0 fully saturated rings. The van der Waals surface area contributed by atoms with Crippen LogP contribution in [0.3, 0.4) is 0 Å². The van der Waals surface area contributed by atoms with Crippen LogP contribution in [0.15, 0.2) is 30.7 Å². The van der Waals surface area contributed by atoms with E-state index in [1.54, 1.807) is 42.0 Å². The van der Waals surface area contributed by atoms with Gasteiger partial charge >= 0.3 is 6.09 Å². The molecule has 0 bridgehead atoms. The molecular weight excluding hydrogens is 324 g/mol. The van der Waals surface area contributed by atoms with Crippen LogP contribution >= 0.6 is 0 Å². The molecule has 2 aromatic heterocycles. The number of hydrogen-bond donors (Lipinski definition) is 1. The highest BCUT2D eigenvalue weighted by atomic mass is 16.5. The highest BCUT2D eigenvalue weighted by Crippen LogP contribution is 2.16. The Morgan fingerprint density at radius 3 is 2.72 bits per heavy atom. The average Bonchev–Trinajstić information content (AvgIpc) is 3.01. The molecule has 1 N–H and O–H groups in total. The summed E-state index contributed by atoms with van der Waals surface area (Å²) in [7, 11) is 4.60. The van der Waals surface area contributed by atoms with Gasteiger partial charge in [0.25, 0.3) is 5.91 Å². The molecule has 2 amide bonds. The van der Waals surface area contributed by atoms with Crippen molar-refractivity contribution in [2.75, 3.05) is 25.6 Å². The fraction of sp³-hybridized carbons (Fsp3) is 0.375. The quantitative estimate of drug-likeness (QED) is 0.790. The Hall–Kier alpha value is -2.94. The number of hydrazine groups is 1. The summed E-state index contributed by atoms with van der Waals surface area (Å²) < 4.78 is 6.29. The first-order chi connectivity index (χ1) is 12.0. The van der Waals surface area contributed by atoms with Crippen LogP contribution in [-0.2, 0) is 18.3 Å². The molecule has 0 aliphatic heterocycles. The average molecular weight is 346 g/mol. The van der Waals surface area contributed by atoms with Gasteiger partial charge in [0.2, 0.25) is 0 Å². The van der Waals surface area contributed by atoms with Gasteiger partial charge in [-0.05, 0) is 19.1 Å². The molecular formula is C16H22N6O3. The number of aromatic nitrogens is 3. The van der Waals surface area contributed by atoms with Gasteiger partial charge in [-0.1, -0.05) is 0 Å². The van der Waals surface area contributed by atoms with E-state index in [1.807, 2.05) is 13.0 Å². The summed E-state index contributed by atoms with van der Waals surface area (Å²) in [5, 5.41) is 1.21. The lowest BCUT2D eigenvalue weighted by molar-refractivity contribution is 0.0978. The number of rotatable bonds is 6. The number of carbonyl (C=O) groups is 2. The monoisotopic (exact) mass is 346 g/mol. The summed E-state index contributed by atoms with van der Waals surface area (Å²) in [6, 6.07) is 3.62. The van der Waals surface area contributed by atoms with Gasteiger partial charge < -0.3 is 14.2 Å². The molecule has 9 nitrogen and oxygen atoms in total. The first kappa shape index (κ1) is 18.4. The summed E-state index contributed by atoms with van der Waals surface area (Å²) >= 11 is 0. The maximum Gasteiger partial charge on any atom is 0.423 e. The number of ether oxygens (including phenoxy) is 1. The summed E-state index contributed by atoms with van der Waals surface area (Å²) in [6.45, 7) is 2.68. The summed E-state index contributed by atoms with van der Waals surface area (Å²) in [4.78, 5) is 34.1. The minimum atomic E-state index is -0.515. The number of carbonyl (C=O) groups excluding carboxylic acids is 2. The number of methoxy groups -OCH3 is 1. The smallest absolute Gasteiger partial charge is 0.423 e. The van der Waals surface area contributed by atoms with Crippen LogP contribution in [0, 0.1) is 0 Å². The number of amides is 2.